The number of hydrogen-bond donors (Lipinski definition) is 0. The molecule has 0 N–H and O–H groups in total. The minimum atomic E-state index is -2.82. The van der Waals surface area contributed by atoms with E-state index in [4.69, 9.17) is 18.9 Å². The van der Waals surface area contributed by atoms with Crippen molar-refractivity contribution < 1.29 is 23.7 Å². The third-order valence-electron chi connectivity index (χ3n) is 9.37. The first-order chi connectivity index (χ1) is 27.7. The van der Waals surface area contributed by atoms with E-state index in [-0.39, 0.29) is 0 Å². The maximum absolute atomic E-state index is 10.7. The van der Waals surface area contributed by atoms with Gasteiger partial charge < -0.3 is 18.9 Å². The number of aryl methyl sites for hydroxylation is 2. The number of methoxy groups -OCH3 is 4. The number of carbonyl (C=O) groups excluding carboxylic acids is 1. The molecule has 0 aliphatic rings. The van der Waals surface area contributed by atoms with Crippen LogP contribution in [0.5, 0.6) is 23.0 Å². The van der Waals surface area contributed by atoms with Crippen LogP contribution in [0, 0.1) is 13.8 Å². The Morgan fingerprint density at radius 3 is 1.28 bits per heavy atom. The van der Waals surface area contributed by atoms with Gasteiger partial charge in [0.2, 0.25) is 0 Å². The van der Waals surface area contributed by atoms with Crippen LogP contribution in [0.3, 0.4) is 0 Å². The Labute approximate surface area is 353 Å². The molecular weight excluding hydrogens is 832 g/mol. The molecule has 0 atom stereocenters. The standard InChI is InChI=1S/C23H20BrPS.C15H16O2S.C10H12O3/c24-25(19-23-17-10-18-26-23,20-11-4-1-5-12-20,21-13-6-2-7-14-21)22-15-8-3-9-16-22;1-11-9-14(16-2)13(15(10-11)17-3)7-6-12-5-4-8-18-12;1-7-4-9(12-2)8(6-11)10(5-7)13-3/h1-18H,19H2;4-10H,1-3H3;4-6H,1-3H3/b;7-6+;. The van der Waals surface area contributed by atoms with Gasteiger partial charge in [-0.05, 0) is 72.8 Å². The maximum Gasteiger partial charge on any atom is 0.157 e. The number of rotatable bonds is 12. The van der Waals surface area contributed by atoms with Gasteiger partial charge in [-0.3, -0.25) is 4.79 Å². The fourth-order valence-corrected chi connectivity index (χ4v) is 16.7. The Bertz CT molecular complexity index is 2180. The van der Waals surface area contributed by atoms with Crippen molar-refractivity contribution in [2.75, 3.05) is 28.4 Å². The second-order valence-electron chi connectivity index (χ2n) is 13.1. The molecule has 2 heterocycles. The zero-order valence-electron chi connectivity index (χ0n) is 33.1. The minimum absolute atomic E-state index is 0.454. The van der Waals surface area contributed by atoms with E-state index in [0.29, 0.717) is 17.1 Å². The van der Waals surface area contributed by atoms with Crippen LogP contribution in [-0.4, -0.2) is 34.7 Å². The summed E-state index contributed by atoms with van der Waals surface area (Å²) in [5.41, 5.74) is 3.55. The Balaban J connectivity index is 0.000000175. The largest absolute Gasteiger partial charge is 0.496 e. The molecular formula is C48H48BrO5PS2. The fourth-order valence-electron chi connectivity index (χ4n) is 6.60. The molecule has 9 heteroatoms. The third-order valence-corrected chi connectivity index (χ3v) is 20.8. The first kappa shape index (κ1) is 43.1. The van der Waals surface area contributed by atoms with Crippen molar-refractivity contribution in [1.82, 2.24) is 0 Å². The predicted octanol–water partition coefficient (Wildman–Crippen LogP) is 12.2. The molecule has 7 rings (SSSR count). The molecule has 0 aliphatic heterocycles. The van der Waals surface area contributed by atoms with Crippen LogP contribution in [0.25, 0.3) is 12.2 Å². The van der Waals surface area contributed by atoms with Crippen molar-refractivity contribution in [2.45, 2.75) is 20.0 Å². The first-order valence-corrected chi connectivity index (χ1v) is 24.4. The summed E-state index contributed by atoms with van der Waals surface area (Å²) in [5, 5.41) is 5.51. The molecule has 57 heavy (non-hydrogen) atoms. The summed E-state index contributed by atoms with van der Waals surface area (Å²) in [6.07, 6.45) is 5.81. The van der Waals surface area contributed by atoms with Gasteiger partial charge in [-0.2, -0.15) is 0 Å². The first-order valence-electron chi connectivity index (χ1n) is 18.2. The molecule has 2 aromatic heterocycles. The summed E-state index contributed by atoms with van der Waals surface area (Å²) in [7, 11) is 6.41. The van der Waals surface area contributed by atoms with Crippen LogP contribution in [-0.2, 0) is 6.16 Å². The van der Waals surface area contributed by atoms with Crippen molar-refractivity contribution in [3.8, 4) is 23.0 Å². The van der Waals surface area contributed by atoms with Crippen molar-refractivity contribution >= 4 is 77.8 Å². The van der Waals surface area contributed by atoms with Crippen LogP contribution in [0.1, 0.15) is 36.8 Å². The van der Waals surface area contributed by atoms with Crippen LogP contribution < -0.4 is 34.9 Å². The zero-order valence-corrected chi connectivity index (χ0v) is 37.2. The van der Waals surface area contributed by atoms with E-state index in [1.165, 1.54) is 39.9 Å². The summed E-state index contributed by atoms with van der Waals surface area (Å²) in [5.74, 6) is 2.76. The zero-order chi connectivity index (χ0) is 40.7. The number of ether oxygens (including phenoxy) is 4. The second-order valence-corrected chi connectivity index (χ2v) is 24.0. The fraction of sp³-hybridized carbons (Fsp3) is 0.146. The number of hydrogen-bond acceptors (Lipinski definition) is 7. The smallest absolute Gasteiger partial charge is 0.157 e. The molecule has 294 valence electrons. The molecule has 0 unspecified atom stereocenters. The number of benzene rings is 5. The van der Waals surface area contributed by atoms with Gasteiger partial charge in [-0.1, -0.05) is 6.07 Å². The third kappa shape index (κ3) is 10.1. The van der Waals surface area contributed by atoms with Crippen LogP contribution >= 0.6 is 43.5 Å². The Kier molecular flexibility index (Phi) is 15.5. The summed E-state index contributed by atoms with van der Waals surface area (Å²) in [4.78, 5) is 13.3. The average molecular weight is 880 g/mol. The van der Waals surface area contributed by atoms with Gasteiger partial charge in [0.1, 0.15) is 23.0 Å². The van der Waals surface area contributed by atoms with Crippen molar-refractivity contribution in [2.24, 2.45) is 0 Å². The van der Waals surface area contributed by atoms with Gasteiger partial charge in [-0.15, -0.1) is 11.3 Å². The number of aldehydes is 1. The van der Waals surface area contributed by atoms with Gasteiger partial charge in [0.25, 0.3) is 0 Å². The predicted molar refractivity (Wildman–Crippen MR) is 249 cm³/mol. The Hall–Kier alpha value is -4.98. The van der Waals surface area contributed by atoms with Gasteiger partial charge in [0.05, 0.1) is 39.6 Å². The molecule has 0 bridgehead atoms. The van der Waals surface area contributed by atoms with E-state index in [9.17, 15) is 4.79 Å². The molecule has 0 fully saturated rings. The number of thiophene rings is 2. The molecule has 0 saturated heterocycles. The van der Waals surface area contributed by atoms with E-state index in [2.05, 4.69) is 142 Å². The Morgan fingerprint density at radius 1 is 0.526 bits per heavy atom. The normalized spacial score (nSPS) is 11.5. The summed E-state index contributed by atoms with van der Waals surface area (Å²) in [6, 6.07) is 49.0. The monoisotopic (exact) mass is 878 g/mol. The van der Waals surface area contributed by atoms with Crippen molar-refractivity contribution in [1.29, 1.82) is 0 Å². The van der Waals surface area contributed by atoms with E-state index in [1.54, 1.807) is 37.7 Å². The maximum atomic E-state index is 10.7. The van der Waals surface area contributed by atoms with Gasteiger partial charge in [-0.25, -0.2) is 0 Å². The molecule has 5 aromatic carbocycles. The van der Waals surface area contributed by atoms with Crippen LogP contribution in [0.2, 0.25) is 0 Å². The van der Waals surface area contributed by atoms with Crippen LogP contribution in [0.4, 0.5) is 0 Å². The number of halogens is 1. The van der Waals surface area contributed by atoms with Crippen molar-refractivity contribution in [3.63, 3.8) is 0 Å². The van der Waals surface area contributed by atoms with E-state index < -0.39 is 5.31 Å². The summed E-state index contributed by atoms with van der Waals surface area (Å²) >= 11 is 8.01. The average Bonchev–Trinajstić information content (AvgIpc) is 3.99. The van der Waals surface area contributed by atoms with E-state index in [0.717, 1.165) is 40.6 Å². The quantitative estimate of drug-likeness (QED) is 0.0904. The molecule has 7 aromatic rings. The van der Waals surface area contributed by atoms with Gasteiger partial charge >= 0.3 is 168 Å². The molecule has 0 radical (unpaired) electrons. The topological polar surface area (TPSA) is 54.0 Å². The van der Waals surface area contributed by atoms with Crippen LogP contribution in [0.15, 0.2) is 150 Å². The van der Waals surface area contributed by atoms with Crippen molar-refractivity contribution in [3.05, 3.63) is 182 Å². The molecule has 0 amide bonds. The molecule has 0 spiro atoms. The van der Waals surface area contributed by atoms with E-state index in [1.807, 2.05) is 49.5 Å². The molecule has 0 saturated carbocycles. The van der Waals surface area contributed by atoms with E-state index >= 15 is 0 Å². The molecule has 0 aliphatic carbocycles. The van der Waals surface area contributed by atoms with Gasteiger partial charge in [0, 0.05) is 4.88 Å². The molecule has 5 nitrogen and oxygen atoms in total. The SMILES string of the molecule is BrP(Cc1cccs1)(c1ccccc1)(c1ccccc1)c1ccccc1.COc1cc(C)cc(OC)c1/C=C/c1cccs1.COc1cc(C)cc(OC)c1C=O. The minimum Gasteiger partial charge on any atom is -0.496 e. The Morgan fingerprint density at radius 2 is 0.930 bits per heavy atom. The summed E-state index contributed by atoms with van der Waals surface area (Å²) in [6.45, 7) is 3.94. The van der Waals surface area contributed by atoms with Gasteiger partial charge in [0.15, 0.2) is 6.29 Å². The number of carbonyl (C=O) groups is 1. The second kappa shape index (κ2) is 20.4. The summed E-state index contributed by atoms with van der Waals surface area (Å²) < 4.78 is 20.9.